The molecule has 0 heterocycles. The van der Waals surface area contributed by atoms with Crippen molar-refractivity contribution in [1.29, 1.82) is 0 Å². The van der Waals surface area contributed by atoms with E-state index >= 15 is 0 Å². The van der Waals surface area contributed by atoms with Gasteiger partial charge in [0.1, 0.15) is 8.07 Å². The number of alkyl halides is 1. The molecule has 0 amide bonds. The zero-order valence-corrected chi connectivity index (χ0v) is 20.7. The van der Waals surface area contributed by atoms with Crippen molar-refractivity contribution in [2.45, 2.75) is 49.0 Å². The number of hydrogen-bond donors (Lipinski definition) is 0. The zero-order chi connectivity index (χ0) is 18.2. The summed E-state index contributed by atoms with van der Waals surface area (Å²) in [5.41, 5.74) is 0. The Morgan fingerprint density at radius 2 is 0.875 bits per heavy atom. The minimum absolute atomic E-state index is 0.267. The Hall–Kier alpha value is -0.429. The van der Waals surface area contributed by atoms with Gasteiger partial charge < -0.3 is 0 Å². The smallest absolute Gasteiger partial charge is 0.0947 e. The Morgan fingerprint density at radius 3 is 1.12 bits per heavy atom. The summed E-state index contributed by atoms with van der Waals surface area (Å²) in [4.78, 5) is 0. The lowest BCUT2D eigenvalue weighted by Gasteiger charge is -2.57. The predicted molar refractivity (Wildman–Crippen MR) is 122 cm³/mol. The first-order valence-electron chi connectivity index (χ1n) is 8.76. The van der Waals surface area contributed by atoms with E-state index in [-0.39, 0.29) is 3.19 Å². The summed E-state index contributed by atoms with van der Waals surface area (Å²) in [6.07, 6.45) is 0. The summed E-state index contributed by atoms with van der Waals surface area (Å²) in [5, 5.41) is 3.11. The van der Waals surface area contributed by atoms with Crippen molar-refractivity contribution in [2.75, 3.05) is 0 Å². The number of halogens is 1. The maximum Gasteiger partial charge on any atom is 0.126 e. The summed E-state index contributed by atoms with van der Waals surface area (Å²) in [6, 6.07) is 22.6. The second-order valence-corrected chi connectivity index (χ2v) is 28.6. The molecule has 0 saturated carbocycles. The molecule has 0 spiro atoms. The van der Waals surface area contributed by atoms with Crippen LogP contribution in [0.3, 0.4) is 0 Å². The van der Waals surface area contributed by atoms with Crippen LogP contribution in [0.1, 0.15) is 0 Å². The fourth-order valence-corrected chi connectivity index (χ4v) is 31.7. The van der Waals surface area contributed by atoms with E-state index in [0.29, 0.717) is 0 Å². The van der Waals surface area contributed by atoms with Crippen LogP contribution in [0.4, 0.5) is 0 Å². The van der Waals surface area contributed by atoms with Crippen LogP contribution in [0.15, 0.2) is 60.7 Å². The van der Waals surface area contributed by atoms with Crippen LogP contribution in [-0.4, -0.2) is 27.4 Å². The van der Waals surface area contributed by atoms with Gasteiger partial charge in [0.05, 0.1) is 16.1 Å². The Morgan fingerprint density at radius 1 is 0.583 bits per heavy atom. The standard InChI is InChI=1S/C20H31BrSi3/c1-22(2,3)20(21,23(4,5)6)24(7,18-14-10-8-11-15-18)19-16-12-9-13-17-19/h8-17H,1-7H3. The van der Waals surface area contributed by atoms with Crippen molar-refractivity contribution < 1.29 is 0 Å². The van der Waals surface area contributed by atoms with E-state index in [1.54, 1.807) is 10.4 Å². The fourth-order valence-electron chi connectivity index (χ4n) is 4.73. The Kier molecular flexibility index (Phi) is 5.56. The van der Waals surface area contributed by atoms with Crippen molar-refractivity contribution in [1.82, 2.24) is 0 Å². The van der Waals surface area contributed by atoms with E-state index in [2.05, 4.69) is 122 Å². The summed E-state index contributed by atoms with van der Waals surface area (Å²) in [6.45, 7) is 17.9. The largest absolute Gasteiger partial charge is 0.126 e. The third-order valence-electron chi connectivity index (χ3n) is 5.46. The minimum Gasteiger partial charge on any atom is -0.0947 e. The average molecular weight is 436 g/mol. The van der Waals surface area contributed by atoms with Gasteiger partial charge in [-0.25, -0.2) is 0 Å². The van der Waals surface area contributed by atoms with Crippen LogP contribution in [0.25, 0.3) is 0 Å². The van der Waals surface area contributed by atoms with Gasteiger partial charge in [-0.3, -0.25) is 0 Å². The van der Waals surface area contributed by atoms with E-state index in [1.807, 2.05) is 0 Å². The SMILES string of the molecule is C[Si](C)(C)C(Br)([Si](C)(C)C)[Si](C)(c1ccccc1)c1ccccc1. The molecule has 0 aliphatic carbocycles. The molecule has 0 atom stereocenters. The summed E-state index contributed by atoms with van der Waals surface area (Å²) >= 11 is 4.51. The Balaban J connectivity index is 2.90. The first-order chi connectivity index (χ1) is 11.0. The maximum atomic E-state index is 4.51. The van der Waals surface area contributed by atoms with E-state index < -0.39 is 24.2 Å². The van der Waals surface area contributed by atoms with Gasteiger partial charge in [0.2, 0.25) is 0 Å². The molecule has 2 aromatic rings. The third-order valence-corrected chi connectivity index (χ3v) is 35.5. The normalized spacial score (nSPS) is 13.8. The van der Waals surface area contributed by atoms with Gasteiger partial charge >= 0.3 is 0 Å². The maximum absolute atomic E-state index is 4.51. The highest BCUT2D eigenvalue weighted by Crippen LogP contribution is 2.45. The highest BCUT2D eigenvalue weighted by atomic mass is 79.9. The van der Waals surface area contributed by atoms with Gasteiger partial charge in [-0.05, 0) is 0 Å². The Labute approximate surface area is 159 Å². The van der Waals surface area contributed by atoms with Gasteiger partial charge in [-0.1, -0.05) is 133 Å². The van der Waals surface area contributed by atoms with Crippen LogP contribution >= 0.6 is 15.9 Å². The van der Waals surface area contributed by atoms with E-state index in [0.717, 1.165) is 0 Å². The van der Waals surface area contributed by atoms with Crippen LogP contribution < -0.4 is 10.4 Å². The van der Waals surface area contributed by atoms with Gasteiger partial charge in [0.15, 0.2) is 0 Å². The van der Waals surface area contributed by atoms with Crippen molar-refractivity contribution in [3.63, 3.8) is 0 Å². The molecule has 0 fully saturated rings. The monoisotopic (exact) mass is 434 g/mol. The summed E-state index contributed by atoms with van der Waals surface area (Å²) in [7, 11) is -5.00. The van der Waals surface area contributed by atoms with Crippen LogP contribution in [0.2, 0.25) is 45.8 Å². The number of rotatable bonds is 5. The van der Waals surface area contributed by atoms with Crippen molar-refractivity contribution in [2.24, 2.45) is 0 Å². The second-order valence-electron chi connectivity index (χ2n) is 9.02. The molecule has 0 aromatic heterocycles. The molecule has 4 heteroatoms. The molecule has 0 radical (unpaired) electrons. The molecular formula is C20H31BrSi3. The van der Waals surface area contributed by atoms with E-state index in [1.165, 1.54) is 0 Å². The molecule has 2 aromatic carbocycles. The molecule has 0 bridgehead atoms. The molecule has 0 aliphatic rings. The van der Waals surface area contributed by atoms with Gasteiger partial charge in [-0.15, -0.1) is 0 Å². The Bertz CT molecular complexity index is 616. The quantitative estimate of drug-likeness (QED) is 0.441. The molecule has 0 unspecified atom stereocenters. The lowest BCUT2D eigenvalue weighted by atomic mass is 10.4. The van der Waals surface area contributed by atoms with Gasteiger partial charge in [-0.2, -0.15) is 0 Å². The molecule has 2 rings (SSSR count). The molecular weight excluding hydrogens is 404 g/mol. The average Bonchev–Trinajstić information content (AvgIpc) is 2.53. The fraction of sp³-hybridized carbons (Fsp3) is 0.400. The van der Waals surface area contributed by atoms with Crippen molar-refractivity contribution >= 4 is 50.5 Å². The lowest BCUT2D eigenvalue weighted by molar-refractivity contribution is 1.33. The van der Waals surface area contributed by atoms with E-state index in [4.69, 9.17) is 0 Å². The zero-order valence-electron chi connectivity index (χ0n) is 16.2. The van der Waals surface area contributed by atoms with E-state index in [9.17, 15) is 0 Å². The first kappa shape index (κ1) is 19.9. The minimum atomic E-state index is -1.99. The number of hydrogen-bond acceptors (Lipinski definition) is 0. The topological polar surface area (TPSA) is 0 Å². The molecule has 0 nitrogen and oxygen atoms in total. The summed E-state index contributed by atoms with van der Waals surface area (Å²) in [5.74, 6) is 0. The number of benzene rings is 2. The lowest BCUT2D eigenvalue weighted by Crippen LogP contribution is -2.83. The highest BCUT2D eigenvalue weighted by Gasteiger charge is 2.63. The summed E-state index contributed by atoms with van der Waals surface area (Å²) < 4.78 is 0.267. The van der Waals surface area contributed by atoms with Crippen LogP contribution in [0, 0.1) is 0 Å². The molecule has 0 saturated heterocycles. The molecule has 0 N–H and O–H groups in total. The van der Waals surface area contributed by atoms with Crippen molar-refractivity contribution in [3.8, 4) is 0 Å². The molecule has 24 heavy (non-hydrogen) atoms. The molecule has 130 valence electrons. The predicted octanol–water partition coefficient (Wildman–Crippen LogP) is 5.31. The second kappa shape index (κ2) is 6.71. The first-order valence-corrected chi connectivity index (χ1v) is 19.1. The van der Waals surface area contributed by atoms with Crippen LogP contribution in [-0.2, 0) is 0 Å². The van der Waals surface area contributed by atoms with Crippen LogP contribution in [0.5, 0.6) is 0 Å². The van der Waals surface area contributed by atoms with Gasteiger partial charge in [0, 0.05) is 3.19 Å². The van der Waals surface area contributed by atoms with Gasteiger partial charge in [0.25, 0.3) is 0 Å². The third kappa shape index (κ3) is 3.07. The molecule has 0 aliphatic heterocycles. The highest BCUT2D eigenvalue weighted by molar-refractivity contribution is 9.12. The van der Waals surface area contributed by atoms with Crippen molar-refractivity contribution in [3.05, 3.63) is 60.7 Å².